The molecule has 0 aromatic heterocycles. The Hall–Kier alpha value is -3.11. The van der Waals surface area contributed by atoms with Gasteiger partial charge in [-0.3, -0.25) is 9.59 Å². The lowest BCUT2D eigenvalue weighted by Gasteiger charge is -2.34. The van der Waals surface area contributed by atoms with Crippen LogP contribution < -0.4 is 9.62 Å². The van der Waals surface area contributed by atoms with E-state index >= 15 is 0 Å². The first-order chi connectivity index (χ1) is 18.5. The van der Waals surface area contributed by atoms with E-state index in [0.29, 0.717) is 27.8 Å². The Morgan fingerprint density at radius 3 is 2.10 bits per heavy atom. The maximum Gasteiger partial charge on any atom is 0.304 e. The molecule has 0 unspecified atom stereocenters. The minimum atomic E-state index is -4.05. The van der Waals surface area contributed by atoms with Gasteiger partial charge >= 0.3 is 10.2 Å². The van der Waals surface area contributed by atoms with Crippen LogP contribution in [0.1, 0.15) is 18.1 Å². The quantitative estimate of drug-likeness (QED) is 0.339. The first-order valence-electron chi connectivity index (χ1n) is 12.3. The number of para-hydroxylation sites is 1. The number of amides is 2. The van der Waals surface area contributed by atoms with Crippen LogP contribution in [0.2, 0.25) is 10.0 Å². The fourth-order valence-electron chi connectivity index (χ4n) is 3.99. The second kappa shape index (κ2) is 13.8. The molecule has 3 aromatic rings. The smallest absolute Gasteiger partial charge is 0.304 e. The van der Waals surface area contributed by atoms with E-state index in [4.69, 9.17) is 23.2 Å². The van der Waals surface area contributed by atoms with E-state index in [-0.39, 0.29) is 18.9 Å². The number of nitrogens with zero attached hydrogens (tertiary/aromatic N) is 3. The van der Waals surface area contributed by atoms with Gasteiger partial charge in [0.2, 0.25) is 11.8 Å². The lowest BCUT2D eigenvalue weighted by molar-refractivity contribution is -0.140. The molecule has 3 aromatic carbocycles. The molecule has 0 aliphatic carbocycles. The van der Waals surface area contributed by atoms with E-state index in [1.165, 1.54) is 19.0 Å². The molecule has 11 heteroatoms. The van der Waals surface area contributed by atoms with E-state index in [2.05, 4.69) is 5.32 Å². The molecular formula is C28H32Cl2N4O4S. The summed E-state index contributed by atoms with van der Waals surface area (Å²) in [6.45, 7) is 1.59. The van der Waals surface area contributed by atoms with E-state index in [0.717, 1.165) is 14.2 Å². The van der Waals surface area contributed by atoms with Gasteiger partial charge in [0.05, 0.1) is 5.69 Å². The number of halogens is 2. The molecule has 39 heavy (non-hydrogen) atoms. The van der Waals surface area contributed by atoms with Crippen molar-refractivity contribution in [3.05, 3.63) is 100 Å². The number of benzene rings is 3. The SMILES string of the molecule is CCNC(=O)[C@H](Cc1ccccc1)N(Cc1ccc(Cl)cc1Cl)C(=O)CN(c1ccccc1)S(=O)(=O)N(C)C. The largest absolute Gasteiger partial charge is 0.355 e. The van der Waals surface area contributed by atoms with Gasteiger partial charge < -0.3 is 10.2 Å². The second-order valence-corrected chi connectivity index (χ2v) is 11.9. The van der Waals surface area contributed by atoms with Gasteiger partial charge in [-0.05, 0) is 42.3 Å². The average molecular weight is 592 g/mol. The highest BCUT2D eigenvalue weighted by atomic mass is 35.5. The van der Waals surface area contributed by atoms with E-state index in [1.807, 2.05) is 30.3 Å². The Bertz CT molecular complexity index is 1370. The van der Waals surface area contributed by atoms with Gasteiger partial charge in [0, 0.05) is 43.7 Å². The Morgan fingerprint density at radius 1 is 0.923 bits per heavy atom. The van der Waals surface area contributed by atoms with Crippen LogP contribution in [-0.2, 0) is 32.8 Å². The number of rotatable bonds is 12. The fraction of sp³-hybridized carbons (Fsp3) is 0.286. The number of hydrogen-bond acceptors (Lipinski definition) is 4. The zero-order valence-corrected chi connectivity index (χ0v) is 24.4. The van der Waals surface area contributed by atoms with Gasteiger partial charge in [0.1, 0.15) is 12.6 Å². The molecule has 1 atom stereocenters. The summed E-state index contributed by atoms with van der Waals surface area (Å²) in [6, 6.07) is 21.6. The minimum Gasteiger partial charge on any atom is -0.355 e. The van der Waals surface area contributed by atoms with Gasteiger partial charge in [-0.2, -0.15) is 12.7 Å². The Balaban J connectivity index is 2.09. The molecule has 0 spiro atoms. The van der Waals surface area contributed by atoms with E-state index < -0.39 is 28.7 Å². The molecular weight excluding hydrogens is 559 g/mol. The molecule has 2 amide bonds. The monoisotopic (exact) mass is 590 g/mol. The molecule has 0 aliphatic rings. The van der Waals surface area contributed by atoms with Crippen LogP contribution in [0.4, 0.5) is 5.69 Å². The third-order valence-electron chi connectivity index (χ3n) is 6.04. The molecule has 0 fully saturated rings. The molecule has 208 valence electrons. The van der Waals surface area contributed by atoms with Gasteiger partial charge in [0.25, 0.3) is 0 Å². The van der Waals surface area contributed by atoms with Crippen LogP contribution in [0.3, 0.4) is 0 Å². The van der Waals surface area contributed by atoms with Gasteiger partial charge in [0.15, 0.2) is 0 Å². The Morgan fingerprint density at radius 2 is 1.54 bits per heavy atom. The normalized spacial score (nSPS) is 12.2. The summed E-state index contributed by atoms with van der Waals surface area (Å²) in [5.41, 5.74) is 1.73. The number of hydrogen-bond donors (Lipinski definition) is 1. The molecule has 0 heterocycles. The van der Waals surface area contributed by atoms with Crippen LogP contribution in [0.15, 0.2) is 78.9 Å². The maximum atomic E-state index is 14.1. The van der Waals surface area contributed by atoms with Gasteiger partial charge in [-0.1, -0.05) is 77.8 Å². The van der Waals surface area contributed by atoms with E-state index in [1.54, 1.807) is 55.5 Å². The maximum absolute atomic E-state index is 14.1. The van der Waals surface area contributed by atoms with Crippen molar-refractivity contribution in [2.24, 2.45) is 0 Å². The Labute approximate surface area is 240 Å². The van der Waals surface area contributed by atoms with Crippen molar-refractivity contribution < 1.29 is 18.0 Å². The summed E-state index contributed by atoms with van der Waals surface area (Å²) in [4.78, 5) is 28.8. The van der Waals surface area contributed by atoms with Crippen molar-refractivity contribution in [2.45, 2.75) is 25.9 Å². The topological polar surface area (TPSA) is 90.0 Å². The van der Waals surface area contributed by atoms with Crippen molar-refractivity contribution in [3.63, 3.8) is 0 Å². The lowest BCUT2D eigenvalue weighted by atomic mass is 10.0. The molecule has 1 N–H and O–H groups in total. The molecule has 0 saturated heterocycles. The molecule has 0 radical (unpaired) electrons. The predicted molar refractivity (Wildman–Crippen MR) is 156 cm³/mol. The van der Waals surface area contributed by atoms with Crippen molar-refractivity contribution in [2.75, 3.05) is 31.5 Å². The minimum absolute atomic E-state index is 0.0336. The number of carbonyl (C=O) groups excluding carboxylic acids is 2. The predicted octanol–water partition coefficient (Wildman–Crippen LogP) is 4.38. The second-order valence-electron chi connectivity index (χ2n) is 8.99. The standard InChI is InChI=1S/C28H32Cl2N4O4S/c1-4-31-28(36)26(17-21-11-7-5-8-12-21)33(19-22-15-16-23(29)18-25(22)30)27(35)20-34(39(37,38)32(2)3)24-13-9-6-10-14-24/h5-16,18,26H,4,17,19-20H2,1-3H3,(H,31,36)/t26-/m0/s1. The fourth-order valence-corrected chi connectivity index (χ4v) is 5.51. The van der Waals surface area contributed by atoms with Crippen LogP contribution in [0.5, 0.6) is 0 Å². The van der Waals surface area contributed by atoms with Crippen molar-refractivity contribution in [3.8, 4) is 0 Å². The number of carbonyl (C=O) groups is 2. The summed E-state index contributed by atoms with van der Waals surface area (Å²) >= 11 is 12.6. The average Bonchev–Trinajstić information content (AvgIpc) is 2.91. The van der Waals surface area contributed by atoms with Crippen LogP contribution >= 0.6 is 23.2 Å². The molecule has 0 bridgehead atoms. The number of anilines is 1. The summed E-state index contributed by atoms with van der Waals surface area (Å²) in [5.74, 6) is -0.927. The van der Waals surface area contributed by atoms with Crippen LogP contribution in [-0.4, -0.2) is 62.7 Å². The summed E-state index contributed by atoms with van der Waals surface area (Å²) < 4.78 is 28.7. The number of nitrogens with one attached hydrogen (secondary N) is 1. The molecule has 3 rings (SSSR count). The first-order valence-corrected chi connectivity index (χ1v) is 14.5. The lowest BCUT2D eigenvalue weighted by Crippen LogP contribution is -2.54. The zero-order chi connectivity index (χ0) is 28.6. The summed E-state index contributed by atoms with van der Waals surface area (Å²) in [7, 11) is -1.25. The highest BCUT2D eigenvalue weighted by Gasteiger charge is 2.34. The summed E-state index contributed by atoms with van der Waals surface area (Å²) in [6.07, 6.45) is 0.218. The summed E-state index contributed by atoms with van der Waals surface area (Å²) in [5, 5.41) is 3.58. The first kappa shape index (κ1) is 30.4. The van der Waals surface area contributed by atoms with Gasteiger partial charge in [-0.15, -0.1) is 0 Å². The number of likely N-dealkylation sites (N-methyl/N-ethyl adjacent to an activating group) is 1. The molecule has 0 saturated carbocycles. The molecule has 0 aliphatic heterocycles. The van der Waals surface area contributed by atoms with Crippen molar-refractivity contribution in [1.29, 1.82) is 0 Å². The van der Waals surface area contributed by atoms with Crippen molar-refractivity contribution in [1.82, 2.24) is 14.5 Å². The zero-order valence-electron chi connectivity index (χ0n) is 22.1. The Kier molecular flexibility index (Phi) is 10.8. The van der Waals surface area contributed by atoms with Crippen LogP contribution in [0.25, 0.3) is 0 Å². The highest BCUT2D eigenvalue weighted by molar-refractivity contribution is 7.90. The molecule has 8 nitrogen and oxygen atoms in total. The van der Waals surface area contributed by atoms with E-state index in [9.17, 15) is 18.0 Å². The highest BCUT2D eigenvalue weighted by Crippen LogP contribution is 2.25. The third kappa shape index (κ3) is 7.95. The van der Waals surface area contributed by atoms with Crippen molar-refractivity contribution >= 4 is 50.9 Å². The van der Waals surface area contributed by atoms with Crippen LogP contribution in [0, 0.1) is 0 Å². The van der Waals surface area contributed by atoms with Gasteiger partial charge in [-0.25, -0.2) is 4.31 Å². The third-order valence-corrected chi connectivity index (χ3v) is 8.45.